The molecule has 0 aliphatic rings. The highest BCUT2D eigenvalue weighted by atomic mass is 32.1. The molecule has 0 amide bonds. The van der Waals surface area contributed by atoms with Crippen LogP contribution in [0.5, 0.6) is 0 Å². The maximum atomic E-state index is 9.97. The van der Waals surface area contributed by atoms with E-state index in [1.54, 1.807) is 11.3 Å². The predicted octanol–water partition coefficient (Wildman–Crippen LogP) is 3.29. The van der Waals surface area contributed by atoms with Gasteiger partial charge in [0.1, 0.15) is 11.5 Å². The molecule has 3 nitrogen and oxygen atoms in total. The molecule has 2 rings (SSSR count). The molecule has 2 aromatic heterocycles. The summed E-state index contributed by atoms with van der Waals surface area (Å²) in [5.41, 5.74) is 0.966. The minimum absolute atomic E-state index is 0.110. The van der Waals surface area contributed by atoms with Crippen molar-refractivity contribution in [3.8, 4) is 0 Å². The zero-order valence-corrected chi connectivity index (χ0v) is 11.5. The SMILES string of the molecule is CCc1ccc(C(C)NCC(O)c2ccsc2)o1. The van der Waals surface area contributed by atoms with Crippen molar-refractivity contribution >= 4 is 11.3 Å². The van der Waals surface area contributed by atoms with E-state index >= 15 is 0 Å². The summed E-state index contributed by atoms with van der Waals surface area (Å²) >= 11 is 1.60. The average molecular weight is 265 g/mol. The molecule has 18 heavy (non-hydrogen) atoms. The molecule has 2 unspecified atom stereocenters. The lowest BCUT2D eigenvalue weighted by Gasteiger charge is -2.15. The Balaban J connectivity index is 1.86. The van der Waals surface area contributed by atoms with Crippen LogP contribution in [0.25, 0.3) is 0 Å². The fourth-order valence-electron chi connectivity index (χ4n) is 1.79. The van der Waals surface area contributed by atoms with Gasteiger partial charge >= 0.3 is 0 Å². The van der Waals surface area contributed by atoms with Gasteiger partial charge in [0.15, 0.2) is 0 Å². The Labute approximate surface area is 111 Å². The summed E-state index contributed by atoms with van der Waals surface area (Å²) in [5, 5.41) is 17.2. The normalized spacial score (nSPS) is 14.6. The van der Waals surface area contributed by atoms with E-state index in [0.29, 0.717) is 6.54 Å². The molecule has 0 radical (unpaired) electrons. The van der Waals surface area contributed by atoms with Crippen molar-refractivity contribution in [2.45, 2.75) is 32.4 Å². The van der Waals surface area contributed by atoms with Gasteiger partial charge in [-0.25, -0.2) is 0 Å². The van der Waals surface area contributed by atoms with E-state index < -0.39 is 6.10 Å². The van der Waals surface area contributed by atoms with Gasteiger partial charge in [0, 0.05) is 13.0 Å². The summed E-state index contributed by atoms with van der Waals surface area (Å²) in [4.78, 5) is 0. The lowest BCUT2D eigenvalue weighted by molar-refractivity contribution is 0.169. The third kappa shape index (κ3) is 3.22. The third-order valence-corrected chi connectivity index (χ3v) is 3.70. The molecular formula is C14H19NO2S. The minimum Gasteiger partial charge on any atom is -0.464 e. The molecule has 2 aromatic rings. The molecule has 0 aliphatic carbocycles. The highest BCUT2D eigenvalue weighted by Crippen LogP contribution is 2.19. The van der Waals surface area contributed by atoms with E-state index in [9.17, 15) is 5.11 Å². The Bertz CT molecular complexity index is 464. The van der Waals surface area contributed by atoms with Gasteiger partial charge in [0.05, 0.1) is 12.1 Å². The van der Waals surface area contributed by atoms with Crippen LogP contribution in [0.3, 0.4) is 0 Å². The van der Waals surface area contributed by atoms with E-state index in [-0.39, 0.29) is 6.04 Å². The highest BCUT2D eigenvalue weighted by Gasteiger charge is 2.13. The first-order valence-electron chi connectivity index (χ1n) is 6.23. The number of nitrogens with one attached hydrogen (secondary N) is 1. The molecule has 0 aliphatic heterocycles. The van der Waals surface area contributed by atoms with Crippen molar-refractivity contribution in [3.63, 3.8) is 0 Å². The second-order valence-corrected chi connectivity index (χ2v) is 5.14. The summed E-state index contributed by atoms with van der Waals surface area (Å²) in [7, 11) is 0. The number of hydrogen-bond donors (Lipinski definition) is 2. The van der Waals surface area contributed by atoms with E-state index in [0.717, 1.165) is 23.5 Å². The second kappa shape index (κ2) is 6.18. The zero-order chi connectivity index (χ0) is 13.0. The second-order valence-electron chi connectivity index (χ2n) is 4.36. The maximum absolute atomic E-state index is 9.97. The number of thiophene rings is 1. The van der Waals surface area contributed by atoms with Crippen LogP contribution in [0, 0.1) is 0 Å². The molecular weight excluding hydrogens is 246 g/mol. The molecule has 2 N–H and O–H groups in total. The lowest BCUT2D eigenvalue weighted by Crippen LogP contribution is -2.24. The summed E-state index contributed by atoms with van der Waals surface area (Å²) in [6.07, 6.45) is 0.448. The van der Waals surface area contributed by atoms with Crippen molar-refractivity contribution in [3.05, 3.63) is 46.0 Å². The zero-order valence-electron chi connectivity index (χ0n) is 10.7. The number of aliphatic hydroxyl groups excluding tert-OH is 1. The average Bonchev–Trinajstić information content (AvgIpc) is 3.05. The molecule has 2 atom stereocenters. The quantitative estimate of drug-likeness (QED) is 0.842. The molecule has 2 heterocycles. The summed E-state index contributed by atoms with van der Waals surface area (Å²) in [6.45, 7) is 4.64. The summed E-state index contributed by atoms with van der Waals surface area (Å²) in [6, 6.07) is 6.05. The maximum Gasteiger partial charge on any atom is 0.120 e. The summed E-state index contributed by atoms with van der Waals surface area (Å²) < 4.78 is 5.68. The number of aryl methyl sites for hydroxylation is 1. The Morgan fingerprint density at radius 2 is 2.22 bits per heavy atom. The van der Waals surface area contributed by atoms with E-state index in [1.165, 1.54) is 0 Å². The fourth-order valence-corrected chi connectivity index (χ4v) is 2.50. The van der Waals surface area contributed by atoms with Crippen molar-refractivity contribution in [1.82, 2.24) is 5.32 Å². The molecule has 4 heteroatoms. The standard InChI is InChI=1S/C14H19NO2S/c1-3-12-4-5-14(17-12)10(2)15-8-13(16)11-6-7-18-9-11/h4-7,9-10,13,15-16H,3,8H2,1-2H3. The number of hydrogen-bond acceptors (Lipinski definition) is 4. The van der Waals surface area contributed by atoms with Gasteiger partial charge in [-0.1, -0.05) is 6.92 Å². The van der Waals surface area contributed by atoms with Crippen LogP contribution < -0.4 is 5.32 Å². The molecule has 0 saturated carbocycles. The monoisotopic (exact) mass is 265 g/mol. The largest absolute Gasteiger partial charge is 0.464 e. The molecule has 0 fully saturated rings. The molecule has 0 saturated heterocycles. The fraction of sp³-hybridized carbons (Fsp3) is 0.429. The van der Waals surface area contributed by atoms with Crippen LogP contribution in [0.4, 0.5) is 0 Å². The van der Waals surface area contributed by atoms with Crippen LogP contribution in [-0.2, 0) is 6.42 Å². The van der Waals surface area contributed by atoms with E-state index in [1.807, 2.05) is 35.9 Å². The summed E-state index contributed by atoms with van der Waals surface area (Å²) in [5.74, 6) is 1.92. The molecule has 0 bridgehead atoms. The van der Waals surface area contributed by atoms with Crippen LogP contribution in [0.2, 0.25) is 0 Å². The number of aliphatic hydroxyl groups is 1. The third-order valence-electron chi connectivity index (χ3n) is 3.00. The number of rotatable bonds is 6. The number of furan rings is 1. The predicted molar refractivity (Wildman–Crippen MR) is 73.8 cm³/mol. The van der Waals surface area contributed by atoms with Gasteiger partial charge in [0.25, 0.3) is 0 Å². The van der Waals surface area contributed by atoms with Crippen LogP contribution >= 0.6 is 11.3 Å². The van der Waals surface area contributed by atoms with Crippen LogP contribution in [0.15, 0.2) is 33.4 Å². The van der Waals surface area contributed by atoms with Gasteiger partial charge in [-0.05, 0) is 41.4 Å². The first-order chi connectivity index (χ1) is 8.70. The Hall–Kier alpha value is -1.10. The van der Waals surface area contributed by atoms with Gasteiger partial charge in [0.2, 0.25) is 0 Å². The van der Waals surface area contributed by atoms with Gasteiger partial charge in [-0.15, -0.1) is 0 Å². The lowest BCUT2D eigenvalue weighted by atomic mass is 10.2. The molecule has 0 spiro atoms. The molecule has 0 aromatic carbocycles. The van der Waals surface area contributed by atoms with Crippen LogP contribution in [-0.4, -0.2) is 11.7 Å². The molecule has 98 valence electrons. The topological polar surface area (TPSA) is 45.4 Å². The van der Waals surface area contributed by atoms with E-state index in [4.69, 9.17) is 4.42 Å². The van der Waals surface area contributed by atoms with Crippen molar-refractivity contribution in [1.29, 1.82) is 0 Å². The van der Waals surface area contributed by atoms with Gasteiger partial charge in [-0.3, -0.25) is 0 Å². The van der Waals surface area contributed by atoms with Crippen molar-refractivity contribution in [2.24, 2.45) is 0 Å². The van der Waals surface area contributed by atoms with Gasteiger partial charge < -0.3 is 14.8 Å². The Morgan fingerprint density at radius 1 is 1.39 bits per heavy atom. The highest BCUT2D eigenvalue weighted by molar-refractivity contribution is 7.07. The Kier molecular flexibility index (Phi) is 4.58. The van der Waals surface area contributed by atoms with Crippen molar-refractivity contribution < 1.29 is 9.52 Å². The first kappa shape index (κ1) is 13.3. The van der Waals surface area contributed by atoms with Crippen LogP contribution in [0.1, 0.15) is 43.1 Å². The first-order valence-corrected chi connectivity index (χ1v) is 7.17. The van der Waals surface area contributed by atoms with E-state index in [2.05, 4.69) is 12.2 Å². The van der Waals surface area contributed by atoms with Gasteiger partial charge in [-0.2, -0.15) is 11.3 Å². The Morgan fingerprint density at radius 3 is 2.83 bits per heavy atom. The smallest absolute Gasteiger partial charge is 0.120 e. The van der Waals surface area contributed by atoms with Crippen molar-refractivity contribution in [2.75, 3.05) is 6.54 Å². The minimum atomic E-state index is -0.459.